The number of nitrogens with zero attached hydrogens (tertiary/aromatic N) is 1. The monoisotopic (exact) mass is 479 g/mol. The van der Waals surface area contributed by atoms with Gasteiger partial charge in [-0.2, -0.15) is 26.3 Å². The van der Waals surface area contributed by atoms with E-state index in [-0.39, 0.29) is 29.5 Å². The predicted octanol–water partition coefficient (Wildman–Crippen LogP) is 3.47. The van der Waals surface area contributed by atoms with Gasteiger partial charge in [-0.25, -0.2) is 0 Å². The molecule has 0 aliphatic carbocycles. The highest BCUT2D eigenvalue weighted by molar-refractivity contribution is 5.97. The van der Waals surface area contributed by atoms with Crippen molar-refractivity contribution in [2.45, 2.75) is 24.8 Å². The summed E-state index contributed by atoms with van der Waals surface area (Å²) in [6.07, 6.45) is -10.9. The number of nitro benzene ring substituents is 1. The molecule has 0 aliphatic heterocycles. The molecule has 0 fully saturated rings. The fourth-order valence-electron chi connectivity index (χ4n) is 2.81. The minimum atomic E-state index is -5.18. The number of halogens is 6. The third-order valence-corrected chi connectivity index (χ3v) is 4.40. The van der Waals surface area contributed by atoms with E-state index in [0.717, 1.165) is 12.1 Å². The predicted molar refractivity (Wildman–Crippen MR) is 100 cm³/mol. The van der Waals surface area contributed by atoms with Gasteiger partial charge in [0.2, 0.25) is 5.91 Å². The van der Waals surface area contributed by atoms with Gasteiger partial charge < -0.3 is 15.8 Å². The maximum Gasteiger partial charge on any atom is 0.416 e. The van der Waals surface area contributed by atoms with Gasteiger partial charge in [0.1, 0.15) is 11.8 Å². The molecule has 0 radical (unpaired) electrons. The molecule has 14 heteroatoms. The van der Waals surface area contributed by atoms with Gasteiger partial charge in [-0.15, -0.1) is 0 Å². The number of benzene rings is 2. The molecule has 8 nitrogen and oxygen atoms in total. The molecule has 2 aromatic carbocycles. The third kappa shape index (κ3) is 6.33. The maximum atomic E-state index is 13.0. The number of non-ortho nitro benzene ring substituents is 1. The quantitative estimate of drug-likeness (QED) is 0.358. The van der Waals surface area contributed by atoms with E-state index in [1.54, 1.807) is 0 Å². The lowest BCUT2D eigenvalue weighted by Gasteiger charge is -2.18. The van der Waals surface area contributed by atoms with Crippen LogP contribution in [0.2, 0.25) is 0 Å². The Hall–Kier alpha value is -3.84. The molecule has 0 saturated carbocycles. The Balaban J connectivity index is 2.42. The minimum absolute atomic E-state index is 0.0378. The molecule has 2 amide bonds. The Morgan fingerprint density at radius 3 is 2.03 bits per heavy atom. The zero-order valence-electron chi connectivity index (χ0n) is 16.6. The second-order valence-corrected chi connectivity index (χ2v) is 6.68. The summed E-state index contributed by atoms with van der Waals surface area (Å²) >= 11 is 0. The molecule has 0 unspecified atom stereocenters. The number of nitrogens with two attached hydrogens (primary N) is 1. The van der Waals surface area contributed by atoms with Crippen molar-refractivity contribution < 1.29 is 45.6 Å². The van der Waals surface area contributed by atoms with Gasteiger partial charge >= 0.3 is 12.4 Å². The van der Waals surface area contributed by atoms with E-state index in [1.807, 2.05) is 5.32 Å². The number of nitrogens with one attached hydrogen (secondary N) is 1. The van der Waals surface area contributed by atoms with Crippen LogP contribution in [0.5, 0.6) is 5.75 Å². The number of amides is 2. The van der Waals surface area contributed by atoms with Crippen LogP contribution >= 0.6 is 0 Å². The van der Waals surface area contributed by atoms with Crippen LogP contribution in [0.25, 0.3) is 0 Å². The fraction of sp³-hybridized carbons (Fsp3) is 0.263. The summed E-state index contributed by atoms with van der Waals surface area (Å²) in [4.78, 5) is 34.5. The average molecular weight is 479 g/mol. The first-order valence-corrected chi connectivity index (χ1v) is 8.84. The van der Waals surface area contributed by atoms with Crippen molar-refractivity contribution in [1.82, 2.24) is 5.32 Å². The molecular formula is C19H15F6N3O5. The largest absolute Gasteiger partial charge is 0.496 e. The molecule has 178 valence electrons. The molecule has 0 spiro atoms. The lowest BCUT2D eigenvalue weighted by Crippen LogP contribution is -2.46. The van der Waals surface area contributed by atoms with Crippen LogP contribution in [0, 0.1) is 10.1 Å². The van der Waals surface area contributed by atoms with Gasteiger partial charge in [-0.05, 0) is 24.3 Å². The Morgan fingerprint density at radius 1 is 1.06 bits per heavy atom. The lowest BCUT2D eigenvalue weighted by atomic mass is 10.0. The molecule has 0 saturated heterocycles. The number of primary amides is 1. The number of rotatable bonds is 7. The number of carbonyl (C=O) groups is 2. The molecule has 33 heavy (non-hydrogen) atoms. The van der Waals surface area contributed by atoms with E-state index in [9.17, 15) is 46.0 Å². The van der Waals surface area contributed by atoms with E-state index in [2.05, 4.69) is 0 Å². The smallest absolute Gasteiger partial charge is 0.416 e. The van der Waals surface area contributed by atoms with Gasteiger partial charge in [0, 0.05) is 29.7 Å². The average Bonchev–Trinajstić information content (AvgIpc) is 2.71. The van der Waals surface area contributed by atoms with Crippen LogP contribution in [0.3, 0.4) is 0 Å². The summed E-state index contributed by atoms with van der Waals surface area (Å²) in [6, 6.07) is 1.91. The number of carbonyl (C=O) groups excluding carboxylic acids is 2. The Labute approximate surface area is 181 Å². The summed E-state index contributed by atoms with van der Waals surface area (Å²) in [6.45, 7) is 0. The minimum Gasteiger partial charge on any atom is -0.496 e. The van der Waals surface area contributed by atoms with Crippen molar-refractivity contribution in [3.63, 3.8) is 0 Å². The number of ether oxygens (including phenoxy) is 1. The third-order valence-electron chi connectivity index (χ3n) is 4.40. The van der Waals surface area contributed by atoms with Gasteiger partial charge in [0.25, 0.3) is 11.6 Å². The number of nitro groups is 1. The lowest BCUT2D eigenvalue weighted by molar-refractivity contribution is -0.384. The van der Waals surface area contributed by atoms with Crippen molar-refractivity contribution in [2.24, 2.45) is 5.73 Å². The van der Waals surface area contributed by atoms with Gasteiger partial charge in [-0.1, -0.05) is 0 Å². The van der Waals surface area contributed by atoms with Crippen LogP contribution < -0.4 is 15.8 Å². The normalized spacial score (nSPS) is 12.7. The second kappa shape index (κ2) is 9.34. The van der Waals surface area contributed by atoms with Gasteiger partial charge in [0.15, 0.2) is 0 Å². The summed E-state index contributed by atoms with van der Waals surface area (Å²) in [5.74, 6) is -2.57. The summed E-state index contributed by atoms with van der Waals surface area (Å²) in [5, 5.41) is 12.9. The number of methoxy groups -OCH3 is 1. The number of alkyl halides is 6. The zero-order chi connectivity index (χ0) is 25.1. The van der Waals surface area contributed by atoms with Crippen molar-refractivity contribution in [3.05, 3.63) is 68.8 Å². The van der Waals surface area contributed by atoms with Crippen molar-refractivity contribution >= 4 is 17.5 Å². The highest BCUT2D eigenvalue weighted by Gasteiger charge is 2.37. The zero-order valence-corrected chi connectivity index (χ0v) is 16.6. The van der Waals surface area contributed by atoms with E-state index >= 15 is 0 Å². The number of hydrogen-bond donors (Lipinski definition) is 2. The van der Waals surface area contributed by atoms with Crippen LogP contribution in [-0.4, -0.2) is 29.9 Å². The van der Waals surface area contributed by atoms with E-state index in [4.69, 9.17) is 10.5 Å². The van der Waals surface area contributed by atoms with Crippen molar-refractivity contribution in [2.75, 3.05) is 7.11 Å². The Morgan fingerprint density at radius 2 is 1.61 bits per heavy atom. The molecule has 0 heterocycles. The summed E-state index contributed by atoms with van der Waals surface area (Å²) in [5.41, 5.74) is 0.386. The van der Waals surface area contributed by atoms with E-state index in [0.29, 0.717) is 0 Å². The highest BCUT2D eigenvalue weighted by atomic mass is 19.4. The summed E-state index contributed by atoms with van der Waals surface area (Å²) < 4.78 is 83.2. The van der Waals surface area contributed by atoms with Gasteiger partial charge in [0.05, 0.1) is 23.2 Å². The van der Waals surface area contributed by atoms with Crippen molar-refractivity contribution in [1.29, 1.82) is 0 Å². The van der Waals surface area contributed by atoms with Crippen molar-refractivity contribution in [3.8, 4) is 5.75 Å². The molecule has 1 atom stereocenters. The standard InChI is InChI=1S/C19H15F6N3O5/c1-33-15-3-2-13(28(31)32)6-9(15)7-14(16(26)29)27-17(30)10-4-11(18(20,21)22)8-12(5-10)19(23,24)25/h2-6,8,14H,7H2,1H3,(H2,26,29)(H,27,30)/t14-/m1/s1. The molecule has 3 N–H and O–H groups in total. The molecule has 2 rings (SSSR count). The molecule has 0 aromatic heterocycles. The van der Waals surface area contributed by atoms with E-state index < -0.39 is 63.9 Å². The van der Waals surface area contributed by atoms with Crippen LogP contribution in [0.4, 0.5) is 32.0 Å². The molecule has 2 aromatic rings. The molecule has 0 aliphatic rings. The van der Waals surface area contributed by atoms with Crippen LogP contribution in [-0.2, 0) is 23.6 Å². The first-order valence-electron chi connectivity index (χ1n) is 8.84. The number of hydrogen-bond acceptors (Lipinski definition) is 5. The SMILES string of the molecule is COc1ccc([N+](=O)[O-])cc1C[C@@H](NC(=O)c1cc(C(F)(F)F)cc(C(F)(F)F)c1)C(N)=O. The van der Waals surface area contributed by atoms with Gasteiger partial charge in [-0.3, -0.25) is 19.7 Å². The molecular weight excluding hydrogens is 464 g/mol. The van der Waals surface area contributed by atoms with E-state index in [1.165, 1.54) is 13.2 Å². The highest BCUT2D eigenvalue weighted by Crippen LogP contribution is 2.36. The first-order chi connectivity index (χ1) is 15.1. The first kappa shape index (κ1) is 25.4. The fourth-order valence-corrected chi connectivity index (χ4v) is 2.81. The molecule has 0 bridgehead atoms. The summed E-state index contributed by atoms with van der Waals surface area (Å²) in [7, 11) is 1.21. The second-order valence-electron chi connectivity index (χ2n) is 6.68. The Bertz CT molecular complexity index is 1050. The van der Waals surface area contributed by atoms with Crippen LogP contribution in [0.1, 0.15) is 27.0 Å². The van der Waals surface area contributed by atoms with Crippen LogP contribution in [0.15, 0.2) is 36.4 Å². The Kier molecular flexibility index (Phi) is 7.19. The topological polar surface area (TPSA) is 125 Å². The maximum absolute atomic E-state index is 13.0.